The zero-order chi connectivity index (χ0) is 19.1. The summed E-state index contributed by atoms with van der Waals surface area (Å²) in [5.74, 6) is 0.676. The SMILES string of the molecule is CC(C)N(CCOc1ccc(NC(=O)c2ccc(Br)cc2)cc1)C(C)C. The van der Waals surface area contributed by atoms with Crippen LogP contribution in [0.4, 0.5) is 5.69 Å². The maximum atomic E-state index is 12.2. The van der Waals surface area contributed by atoms with Crippen molar-refractivity contribution < 1.29 is 9.53 Å². The van der Waals surface area contributed by atoms with Crippen LogP contribution in [0.3, 0.4) is 0 Å². The third-order valence-corrected chi connectivity index (χ3v) is 4.69. The zero-order valence-electron chi connectivity index (χ0n) is 15.8. The number of rotatable bonds is 8. The summed E-state index contributed by atoms with van der Waals surface area (Å²) in [5.41, 5.74) is 1.37. The molecule has 0 saturated carbocycles. The second-order valence-electron chi connectivity index (χ2n) is 6.76. The Morgan fingerprint density at radius 3 is 2.12 bits per heavy atom. The van der Waals surface area contributed by atoms with E-state index in [2.05, 4.69) is 53.8 Å². The van der Waals surface area contributed by atoms with Gasteiger partial charge in [-0.3, -0.25) is 9.69 Å². The smallest absolute Gasteiger partial charge is 0.255 e. The second kappa shape index (κ2) is 9.74. The van der Waals surface area contributed by atoms with Crippen molar-refractivity contribution in [2.75, 3.05) is 18.5 Å². The van der Waals surface area contributed by atoms with Gasteiger partial charge < -0.3 is 10.1 Å². The number of carbonyl (C=O) groups is 1. The predicted octanol–water partition coefficient (Wildman–Crippen LogP) is 5.20. The molecule has 0 aliphatic heterocycles. The number of anilines is 1. The summed E-state index contributed by atoms with van der Waals surface area (Å²) in [6.45, 7) is 10.3. The van der Waals surface area contributed by atoms with Gasteiger partial charge in [0.1, 0.15) is 12.4 Å². The van der Waals surface area contributed by atoms with Gasteiger partial charge in [-0.2, -0.15) is 0 Å². The van der Waals surface area contributed by atoms with Crippen molar-refractivity contribution in [3.63, 3.8) is 0 Å². The molecule has 0 aliphatic rings. The lowest BCUT2D eigenvalue weighted by Gasteiger charge is -2.30. The molecule has 0 aliphatic carbocycles. The summed E-state index contributed by atoms with van der Waals surface area (Å²) in [7, 11) is 0. The van der Waals surface area contributed by atoms with Gasteiger partial charge >= 0.3 is 0 Å². The van der Waals surface area contributed by atoms with Crippen LogP contribution in [0.25, 0.3) is 0 Å². The molecule has 0 fully saturated rings. The number of halogens is 1. The van der Waals surface area contributed by atoms with Gasteiger partial charge in [-0.1, -0.05) is 15.9 Å². The molecule has 0 atom stereocenters. The van der Waals surface area contributed by atoms with E-state index in [1.165, 1.54) is 0 Å². The van der Waals surface area contributed by atoms with E-state index in [4.69, 9.17) is 4.74 Å². The minimum absolute atomic E-state index is 0.129. The van der Waals surface area contributed by atoms with E-state index in [0.717, 1.165) is 22.5 Å². The van der Waals surface area contributed by atoms with Crippen molar-refractivity contribution in [3.05, 3.63) is 58.6 Å². The van der Waals surface area contributed by atoms with E-state index < -0.39 is 0 Å². The molecule has 4 nitrogen and oxygen atoms in total. The van der Waals surface area contributed by atoms with Crippen LogP contribution in [0.1, 0.15) is 38.1 Å². The normalized spacial score (nSPS) is 11.2. The van der Waals surface area contributed by atoms with E-state index >= 15 is 0 Å². The molecule has 0 radical (unpaired) electrons. The molecule has 2 rings (SSSR count). The van der Waals surface area contributed by atoms with E-state index in [1.807, 2.05) is 36.4 Å². The zero-order valence-corrected chi connectivity index (χ0v) is 17.4. The number of nitrogens with zero attached hydrogens (tertiary/aromatic N) is 1. The fraction of sp³-hybridized carbons (Fsp3) is 0.381. The Labute approximate surface area is 164 Å². The molecule has 1 amide bonds. The van der Waals surface area contributed by atoms with E-state index in [-0.39, 0.29) is 5.91 Å². The van der Waals surface area contributed by atoms with Crippen molar-refractivity contribution in [2.45, 2.75) is 39.8 Å². The molecule has 5 heteroatoms. The maximum absolute atomic E-state index is 12.2. The Kier molecular flexibility index (Phi) is 7.66. The Bertz CT molecular complexity index is 689. The molecule has 0 heterocycles. The number of carbonyl (C=O) groups excluding carboxylic acids is 1. The maximum Gasteiger partial charge on any atom is 0.255 e. The second-order valence-corrected chi connectivity index (χ2v) is 7.67. The monoisotopic (exact) mass is 418 g/mol. The highest BCUT2D eigenvalue weighted by molar-refractivity contribution is 9.10. The summed E-state index contributed by atoms with van der Waals surface area (Å²) in [5, 5.41) is 2.89. The molecule has 140 valence electrons. The Morgan fingerprint density at radius 2 is 1.58 bits per heavy atom. The first kappa shape index (κ1) is 20.5. The third kappa shape index (κ3) is 6.15. The van der Waals surface area contributed by atoms with Crippen LogP contribution in [-0.2, 0) is 0 Å². The van der Waals surface area contributed by atoms with Gasteiger partial charge in [0.2, 0.25) is 0 Å². The molecular weight excluding hydrogens is 392 g/mol. The molecule has 2 aromatic rings. The van der Waals surface area contributed by atoms with Crippen molar-refractivity contribution in [1.82, 2.24) is 4.90 Å². The average molecular weight is 419 g/mol. The van der Waals surface area contributed by atoms with Gasteiger partial charge in [0.15, 0.2) is 0 Å². The van der Waals surface area contributed by atoms with E-state index in [0.29, 0.717) is 24.3 Å². The van der Waals surface area contributed by atoms with Crippen LogP contribution in [0, 0.1) is 0 Å². The standard InChI is InChI=1S/C21H27BrN2O2/c1-15(2)24(16(3)4)13-14-26-20-11-9-19(10-12-20)23-21(25)17-5-7-18(22)8-6-17/h5-12,15-16H,13-14H2,1-4H3,(H,23,25). The van der Waals surface area contributed by atoms with Crippen molar-refractivity contribution in [1.29, 1.82) is 0 Å². The molecule has 0 bridgehead atoms. The van der Waals surface area contributed by atoms with Gasteiger partial charge in [0.05, 0.1) is 0 Å². The lowest BCUT2D eigenvalue weighted by Crippen LogP contribution is -2.39. The molecule has 0 spiro atoms. The van der Waals surface area contributed by atoms with Crippen molar-refractivity contribution >= 4 is 27.5 Å². The van der Waals surface area contributed by atoms with Crippen LogP contribution in [0.15, 0.2) is 53.0 Å². The van der Waals surface area contributed by atoms with Gasteiger partial charge in [0.25, 0.3) is 5.91 Å². The molecule has 0 aromatic heterocycles. The summed E-state index contributed by atoms with van der Waals surface area (Å²) in [4.78, 5) is 14.6. The molecular formula is C21H27BrN2O2. The van der Waals surface area contributed by atoms with Gasteiger partial charge in [0, 0.05) is 34.4 Å². The van der Waals surface area contributed by atoms with Crippen molar-refractivity contribution in [3.8, 4) is 5.75 Å². The van der Waals surface area contributed by atoms with Gasteiger partial charge in [-0.05, 0) is 76.2 Å². The van der Waals surface area contributed by atoms with Crippen LogP contribution in [0.2, 0.25) is 0 Å². The first-order chi connectivity index (χ1) is 12.4. The average Bonchev–Trinajstić information content (AvgIpc) is 2.60. The van der Waals surface area contributed by atoms with Crippen molar-refractivity contribution in [2.24, 2.45) is 0 Å². The number of benzene rings is 2. The number of ether oxygens (including phenoxy) is 1. The van der Waals surface area contributed by atoms with Gasteiger partial charge in [-0.25, -0.2) is 0 Å². The Morgan fingerprint density at radius 1 is 1.00 bits per heavy atom. The quantitative estimate of drug-likeness (QED) is 0.640. The molecule has 1 N–H and O–H groups in total. The van der Waals surface area contributed by atoms with E-state index in [1.54, 1.807) is 12.1 Å². The van der Waals surface area contributed by atoms with Crippen LogP contribution in [0.5, 0.6) is 5.75 Å². The number of nitrogens with one attached hydrogen (secondary N) is 1. The summed E-state index contributed by atoms with van der Waals surface area (Å²) >= 11 is 3.37. The number of hydrogen-bond donors (Lipinski definition) is 1. The van der Waals surface area contributed by atoms with Crippen LogP contribution >= 0.6 is 15.9 Å². The largest absolute Gasteiger partial charge is 0.492 e. The number of amides is 1. The molecule has 26 heavy (non-hydrogen) atoms. The lowest BCUT2D eigenvalue weighted by molar-refractivity contribution is 0.102. The number of hydrogen-bond acceptors (Lipinski definition) is 3. The summed E-state index contributed by atoms with van der Waals surface area (Å²) in [6, 6.07) is 15.7. The molecule has 0 unspecified atom stereocenters. The van der Waals surface area contributed by atoms with Gasteiger partial charge in [-0.15, -0.1) is 0 Å². The highest BCUT2D eigenvalue weighted by Gasteiger charge is 2.13. The lowest BCUT2D eigenvalue weighted by atomic mass is 10.2. The topological polar surface area (TPSA) is 41.6 Å². The summed E-state index contributed by atoms with van der Waals surface area (Å²) in [6.07, 6.45) is 0. The summed E-state index contributed by atoms with van der Waals surface area (Å²) < 4.78 is 6.78. The minimum atomic E-state index is -0.129. The first-order valence-electron chi connectivity index (χ1n) is 8.92. The molecule has 0 saturated heterocycles. The predicted molar refractivity (Wildman–Crippen MR) is 111 cm³/mol. The fourth-order valence-corrected chi connectivity index (χ4v) is 3.08. The highest BCUT2D eigenvalue weighted by atomic mass is 79.9. The fourth-order valence-electron chi connectivity index (χ4n) is 2.82. The minimum Gasteiger partial charge on any atom is -0.492 e. The Hall–Kier alpha value is -1.85. The Balaban J connectivity index is 1.86. The molecule has 2 aromatic carbocycles. The highest BCUT2D eigenvalue weighted by Crippen LogP contribution is 2.17. The van der Waals surface area contributed by atoms with E-state index in [9.17, 15) is 4.79 Å². The third-order valence-electron chi connectivity index (χ3n) is 4.16. The first-order valence-corrected chi connectivity index (χ1v) is 9.71. The van der Waals surface area contributed by atoms with Crippen LogP contribution < -0.4 is 10.1 Å². The van der Waals surface area contributed by atoms with Crippen LogP contribution in [-0.4, -0.2) is 36.0 Å².